The fourth-order valence-electron chi connectivity index (χ4n) is 3.86. The Morgan fingerprint density at radius 1 is 1.19 bits per heavy atom. The summed E-state index contributed by atoms with van der Waals surface area (Å²) in [5, 5.41) is 2.96. The van der Waals surface area contributed by atoms with E-state index in [1.54, 1.807) is 23.5 Å². The lowest BCUT2D eigenvalue weighted by Gasteiger charge is -2.21. The topological polar surface area (TPSA) is 49.4 Å². The van der Waals surface area contributed by atoms with E-state index in [9.17, 15) is 14.0 Å². The van der Waals surface area contributed by atoms with Gasteiger partial charge >= 0.3 is 0 Å². The zero-order valence-corrected chi connectivity index (χ0v) is 16.0. The minimum absolute atomic E-state index is 0.0311. The number of thiophene rings is 1. The number of amides is 2. The molecule has 1 aromatic heterocycles. The summed E-state index contributed by atoms with van der Waals surface area (Å²) in [5.41, 5.74) is 2.03. The second kappa shape index (κ2) is 7.80. The highest BCUT2D eigenvalue weighted by atomic mass is 32.1. The van der Waals surface area contributed by atoms with Crippen LogP contribution >= 0.6 is 11.3 Å². The number of aryl methyl sites for hydroxylation is 1. The van der Waals surface area contributed by atoms with Crippen LogP contribution in [0.3, 0.4) is 0 Å². The van der Waals surface area contributed by atoms with E-state index in [-0.39, 0.29) is 23.5 Å². The molecule has 1 aromatic carbocycles. The molecule has 2 aromatic rings. The number of nitrogens with one attached hydrogen (secondary N) is 1. The van der Waals surface area contributed by atoms with Crippen LogP contribution in [0.25, 0.3) is 0 Å². The highest BCUT2D eigenvalue weighted by molar-refractivity contribution is 7.14. The summed E-state index contributed by atoms with van der Waals surface area (Å²) in [7, 11) is 0. The van der Waals surface area contributed by atoms with Gasteiger partial charge in [0.25, 0.3) is 5.91 Å². The van der Waals surface area contributed by atoms with E-state index in [1.807, 2.05) is 11.0 Å². The van der Waals surface area contributed by atoms with Gasteiger partial charge in [0.15, 0.2) is 0 Å². The average Bonchev–Trinajstić information content (AvgIpc) is 3.36. The van der Waals surface area contributed by atoms with Crippen molar-refractivity contribution in [2.75, 3.05) is 13.1 Å². The number of nitrogens with zero attached hydrogens (tertiary/aromatic N) is 1. The first kappa shape index (κ1) is 18.2. The van der Waals surface area contributed by atoms with Gasteiger partial charge in [0.1, 0.15) is 5.82 Å². The van der Waals surface area contributed by atoms with Crippen molar-refractivity contribution >= 4 is 23.2 Å². The van der Waals surface area contributed by atoms with Crippen LogP contribution in [0.1, 0.15) is 44.9 Å². The predicted molar refractivity (Wildman–Crippen MR) is 103 cm³/mol. The van der Waals surface area contributed by atoms with E-state index in [1.165, 1.54) is 17.0 Å². The predicted octanol–water partition coefficient (Wildman–Crippen LogP) is 3.54. The van der Waals surface area contributed by atoms with Crippen LogP contribution in [0.5, 0.6) is 0 Å². The summed E-state index contributed by atoms with van der Waals surface area (Å²) >= 11 is 1.60. The van der Waals surface area contributed by atoms with E-state index in [0.29, 0.717) is 13.0 Å². The third kappa shape index (κ3) is 4.05. The zero-order chi connectivity index (χ0) is 18.8. The van der Waals surface area contributed by atoms with Crippen LogP contribution in [0.15, 0.2) is 30.3 Å². The monoisotopic (exact) mass is 386 g/mol. The molecule has 1 atom stereocenters. The van der Waals surface area contributed by atoms with Crippen molar-refractivity contribution in [3.8, 4) is 0 Å². The van der Waals surface area contributed by atoms with Crippen LogP contribution in [0, 0.1) is 11.7 Å². The van der Waals surface area contributed by atoms with Gasteiger partial charge in [0, 0.05) is 30.4 Å². The van der Waals surface area contributed by atoms with Crippen molar-refractivity contribution in [1.29, 1.82) is 0 Å². The summed E-state index contributed by atoms with van der Waals surface area (Å²) in [6.45, 7) is 2.12. The molecule has 1 aliphatic heterocycles. The number of carbonyl (C=O) groups is 2. The highest BCUT2D eigenvalue weighted by Crippen LogP contribution is 2.33. The van der Waals surface area contributed by atoms with Gasteiger partial charge in [-0.15, -0.1) is 11.3 Å². The maximum Gasteiger partial charge on any atom is 0.263 e. The third-order valence-electron chi connectivity index (χ3n) is 5.44. The SMILES string of the molecule is O=C(NCc1ccc(F)cc1)[C@H]1CCc2sc(C(=O)N3CCCC3)cc2C1. The van der Waals surface area contributed by atoms with Gasteiger partial charge in [0.05, 0.1) is 4.88 Å². The molecule has 2 amide bonds. The molecule has 2 aliphatic rings. The summed E-state index contributed by atoms with van der Waals surface area (Å²) in [5.74, 6) is -0.170. The molecule has 6 heteroatoms. The van der Waals surface area contributed by atoms with E-state index >= 15 is 0 Å². The lowest BCUT2D eigenvalue weighted by Crippen LogP contribution is -2.33. The minimum atomic E-state index is -0.276. The molecule has 0 bridgehead atoms. The van der Waals surface area contributed by atoms with Gasteiger partial charge in [-0.1, -0.05) is 12.1 Å². The van der Waals surface area contributed by atoms with E-state index in [0.717, 1.165) is 54.8 Å². The number of fused-ring (bicyclic) bond motifs is 1. The number of halogens is 1. The molecule has 2 heterocycles. The fourth-order valence-corrected chi connectivity index (χ4v) is 5.04. The van der Waals surface area contributed by atoms with E-state index < -0.39 is 0 Å². The van der Waals surface area contributed by atoms with Gasteiger partial charge in [-0.25, -0.2) is 4.39 Å². The molecule has 142 valence electrons. The van der Waals surface area contributed by atoms with Gasteiger partial charge in [0.2, 0.25) is 5.91 Å². The number of rotatable bonds is 4. The van der Waals surface area contributed by atoms with Gasteiger partial charge in [-0.3, -0.25) is 9.59 Å². The normalized spacial score (nSPS) is 19.0. The smallest absolute Gasteiger partial charge is 0.263 e. The Balaban J connectivity index is 1.36. The second-order valence-corrected chi connectivity index (χ2v) is 8.48. The molecule has 1 N–H and O–H groups in total. The Kier molecular flexibility index (Phi) is 5.25. The van der Waals surface area contributed by atoms with Crippen LogP contribution in [-0.2, 0) is 24.2 Å². The van der Waals surface area contributed by atoms with Gasteiger partial charge in [-0.05, 0) is 61.4 Å². The van der Waals surface area contributed by atoms with E-state index in [2.05, 4.69) is 5.32 Å². The number of likely N-dealkylation sites (tertiary alicyclic amines) is 1. The molecule has 0 radical (unpaired) electrons. The standard InChI is InChI=1S/C21H23FN2O2S/c22-17-6-3-14(4-7-17)13-23-20(25)15-5-8-18-16(11-15)12-19(27-18)21(26)24-9-1-2-10-24/h3-4,6-7,12,15H,1-2,5,8-11,13H2,(H,23,25)/t15-/m0/s1. The van der Waals surface area contributed by atoms with Crippen molar-refractivity contribution in [2.45, 2.75) is 38.6 Å². The third-order valence-corrected chi connectivity index (χ3v) is 6.66. The Morgan fingerprint density at radius 3 is 2.67 bits per heavy atom. The van der Waals surface area contributed by atoms with Crippen molar-refractivity contribution < 1.29 is 14.0 Å². The maximum atomic E-state index is 13.0. The largest absolute Gasteiger partial charge is 0.352 e. The molecule has 27 heavy (non-hydrogen) atoms. The highest BCUT2D eigenvalue weighted by Gasteiger charge is 2.29. The van der Waals surface area contributed by atoms with Crippen molar-refractivity contribution in [2.24, 2.45) is 5.92 Å². The Morgan fingerprint density at radius 2 is 1.93 bits per heavy atom. The Hall–Kier alpha value is -2.21. The average molecular weight is 386 g/mol. The first-order chi connectivity index (χ1) is 13.1. The molecule has 0 saturated carbocycles. The zero-order valence-electron chi connectivity index (χ0n) is 15.2. The van der Waals surface area contributed by atoms with Crippen molar-refractivity contribution in [3.05, 3.63) is 57.0 Å². The molecular weight excluding hydrogens is 363 g/mol. The van der Waals surface area contributed by atoms with Gasteiger partial charge < -0.3 is 10.2 Å². The maximum absolute atomic E-state index is 13.0. The molecule has 4 rings (SSSR count). The first-order valence-electron chi connectivity index (χ1n) is 9.53. The molecule has 4 nitrogen and oxygen atoms in total. The number of hydrogen-bond acceptors (Lipinski definition) is 3. The fraction of sp³-hybridized carbons (Fsp3) is 0.429. The van der Waals surface area contributed by atoms with Crippen LogP contribution in [0.4, 0.5) is 4.39 Å². The lowest BCUT2D eigenvalue weighted by molar-refractivity contribution is -0.125. The summed E-state index contributed by atoms with van der Waals surface area (Å²) < 4.78 is 13.0. The van der Waals surface area contributed by atoms with Gasteiger partial charge in [-0.2, -0.15) is 0 Å². The first-order valence-corrected chi connectivity index (χ1v) is 10.3. The van der Waals surface area contributed by atoms with Crippen LogP contribution in [0.2, 0.25) is 0 Å². The lowest BCUT2D eigenvalue weighted by atomic mass is 9.87. The minimum Gasteiger partial charge on any atom is -0.352 e. The van der Waals surface area contributed by atoms with E-state index in [4.69, 9.17) is 0 Å². The molecule has 1 aliphatic carbocycles. The molecular formula is C21H23FN2O2S. The van der Waals surface area contributed by atoms with Crippen molar-refractivity contribution in [1.82, 2.24) is 10.2 Å². The molecule has 0 unspecified atom stereocenters. The number of hydrogen-bond donors (Lipinski definition) is 1. The molecule has 1 saturated heterocycles. The summed E-state index contributed by atoms with van der Waals surface area (Å²) in [6, 6.07) is 8.17. The van der Waals surface area contributed by atoms with Crippen LogP contribution in [-0.4, -0.2) is 29.8 Å². The Labute approximate surface area is 162 Å². The summed E-state index contributed by atoms with van der Waals surface area (Å²) in [6.07, 6.45) is 4.52. The summed E-state index contributed by atoms with van der Waals surface area (Å²) in [4.78, 5) is 29.1. The molecule has 1 fully saturated rings. The van der Waals surface area contributed by atoms with Crippen molar-refractivity contribution in [3.63, 3.8) is 0 Å². The Bertz CT molecular complexity index is 840. The quantitative estimate of drug-likeness (QED) is 0.874. The second-order valence-electron chi connectivity index (χ2n) is 7.34. The number of benzene rings is 1. The number of carbonyl (C=O) groups excluding carboxylic acids is 2. The van der Waals surface area contributed by atoms with Crippen LogP contribution < -0.4 is 5.32 Å². The molecule has 0 spiro atoms.